The number of pyridine rings is 1. The highest BCUT2D eigenvalue weighted by molar-refractivity contribution is 5.50. The van der Waals surface area contributed by atoms with Gasteiger partial charge in [0.05, 0.1) is 7.11 Å². The molecule has 0 aromatic carbocycles. The first-order chi connectivity index (χ1) is 8.26. The van der Waals surface area contributed by atoms with Gasteiger partial charge in [0.2, 0.25) is 5.88 Å². The van der Waals surface area contributed by atoms with Crippen LogP contribution in [0.5, 0.6) is 5.88 Å². The second kappa shape index (κ2) is 5.36. The Hall–Kier alpha value is -1.29. The zero-order valence-corrected chi connectivity index (χ0v) is 10.6. The fourth-order valence-electron chi connectivity index (χ4n) is 2.65. The quantitative estimate of drug-likeness (QED) is 0.868. The topological polar surface area (TPSA) is 51.4 Å². The fraction of sp³-hybridized carbons (Fsp3) is 0.615. The number of piperidine rings is 1. The summed E-state index contributed by atoms with van der Waals surface area (Å²) in [4.78, 5) is 6.56. The van der Waals surface area contributed by atoms with Gasteiger partial charge in [-0.2, -0.15) is 0 Å². The lowest BCUT2D eigenvalue weighted by Gasteiger charge is -2.42. The molecule has 0 bridgehead atoms. The first-order valence-corrected chi connectivity index (χ1v) is 6.24. The van der Waals surface area contributed by atoms with Crippen molar-refractivity contribution in [3.05, 3.63) is 18.3 Å². The van der Waals surface area contributed by atoms with Gasteiger partial charge in [-0.25, -0.2) is 4.98 Å². The Labute approximate surface area is 103 Å². The molecule has 4 nitrogen and oxygen atoms in total. The molecule has 2 heterocycles. The van der Waals surface area contributed by atoms with Crippen LogP contribution in [0, 0.1) is 0 Å². The maximum absolute atomic E-state index is 5.88. The average molecular weight is 235 g/mol. The molecule has 2 N–H and O–H groups in total. The second-order valence-electron chi connectivity index (χ2n) is 4.63. The minimum atomic E-state index is 0.436. The van der Waals surface area contributed by atoms with E-state index in [0.29, 0.717) is 24.5 Å². The number of hydrogen-bond acceptors (Lipinski definition) is 4. The number of ether oxygens (including phenoxy) is 1. The molecule has 2 unspecified atom stereocenters. The number of aromatic nitrogens is 1. The number of rotatable bonds is 3. The van der Waals surface area contributed by atoms with Gasteiger partial charge in [0.25, 0.3) is 0 Å². The van der Waals surface area contributed by atoms with Crippen molar-refractivity contribution in [1.29, 1.82) is 0 Å². The van der Waals surface area contributed by atoms with Gasteiger partial charge in [0.1, 0.15) is 0 Å². The Bertz CT molecular complexity index is 369. The maximum Gasteiger partial charge on any atom is 0.214 e. The molecule has 1 saturated heterocycles. The van der Waals surface area contributed by atoms with Crippen LogP contribution in [-0.2, 0) is 0 Å². The van der Waals surface area contributed by atoms with E-state index in [1.807, 2.05) is 12.1 Å². The van der Waals surface area contributed by atoms with Gasteiger partial charge in [-0.1, -0.05) is 0 Å². The van der Waals surface area contributed by atoms with Crippen LogP contribution in [0.15, 0.2) is 18.3 Å². The largest absolute Gasteiger partial charge is 0.481 e. The number of methoxy groups -OCH3 is 1. The molecular weight excluding hydrogens is 214 g/mol. The first kappa shape index (κ1) is 12.2. The van der Waals surface area contributed by atoms with E-state index in [2.05, 4.69) is 16.8 Å². The van der Waals surface area contributed by atoms with Crippen molar-refractivity contribution in [1.82, 2.24) is 4.98 Å². The lowest BCUT2D eigenvalue weighted by molar-refractivity contribution is 0.390. The monoisotopic (exact) mass is 235 g/mol. The summed E-state index contributed by atoms with van der Waals surface area (Å²) < 4.78 is 5.18. The molecule has 17 heavy (non-hydrogen) atoms. The zero-order chi connectivity index (χ0) is 12.3. The van der Waals surface area contributed by atoms with Crippen LogP contribution in [0.2, 0.25) is 0 Å². The van der Waals surface area contributed by atoms with Gasteiger partial charge < -0.3 is 15.4 Å². The van der Waals surface area contributed by atoms with Crippen molar-refractivity contribution in [2.45, 2.75) is 38.3 Å². The number of nitrogens with zero attached hydrogens (tertiary/aromatic N) is 2. The average Bonchev–Trinajstić information content (AvgIpc) is 2.38. The molecule has 2 atom stereocenters. The molecule has 0 aliphatic carbocycles. The van der Waals surface area contributed by atoms with E-state index < -0.39 is 0 Å². The van der Waals surface area contributed by atoms with Crippen molar-refractivity contribution in [2.24, 2.45) is 5.73 Å². The number of anilines is 1. The second-order valence-corrected chi connectivity index (χ2v) is 4.63. The molecule has 2 rings (SSSR count). The summed E-state index contributed by atoms with van der Waals surface area (Å²) >= 11 is 0. The highest BCUT2D eigenvalue weighted by Crippen LogP contribution is 2.29. The van der Waals surface area contributed by atoms with E-state index in [1.165, 1.54) is 24.9 Å². The van der Waals surface area contributed by atoms with E-state index in [9.17, 15) is 0 Å². The van der Waals surface area contributed by atoms with E-state index in [-0.39, 0.29) is 0 Å². The number of nitrogens with two attached hydrogens (primary N) is 1. The minimum absolute atomic E-state index is 0.436. The van der Waals surface area contributed by atoms with Crippen molar-refractivity contribution in [3.63, 3.8) is 0 Å². The Kier molecular flexibility index (Phi) is 3.84. The van der Waals surface area contributed by atoms with Crippen molar-refractivity contribution < 1.29 is 4.74 Å². The summed E-state index contributed by atoms with van der Waals surface area (Å²) in [5.74, 6) is 0.663. The molecule has 1 aliphatic rings. The number of hydrogen-bond donors (Lipinski definition) is 1. The van der Waals surface area contributed by atoms with Crippen molar-refractivity contribution >= 4 is 5.69 Å². The lowest BCUT2D eigenvalue weighted by atomic mass is 9.96. The van der Waals surface area contributed by atoms with Gasteiger partial charge >= 0.3 is 0 Å². The SMILES string of the molecule is COc1cc(N2C(C)CCCC2CN)ccn1. The Morgan fingerprint density at radius 2 is 2.35 bits per heavy atom. The van der Waals surface area contributed by atoms with Gasteiger partial charge in [-0.05, 0) is 32.3 Å². The molecule has 4 heteroatoms. The van der Waals surface area contributed by atoms with Crippen LogP contribution in [-0.4, -0.2) is 30.7 Å². The molecular formula is C13H21N3O. The summed E-state index contributed by atoms with van der Waals surface area (Å²) in [5.41, 5.74) is 7.04. The van der Waals surface area contributed by atoms with Crippen LogP contribution in [0.3, 0.4) is 0 Å². The lowest BCUT2D eigenvalue weighted by Crippen LogP contribution is -2.49. The molecule has 0 saturated carbocycles. The summed E-state index contributed by atoms with van der Waals surface area (Å²) in [7, 11) is 1.65. The predicted octanol–water partition coefficient (Wildman–Crippen LogP) is 1.80. The predicted molar refractivity (Wildman–Crippen MR) is 69.4 cm³/mol. The third-order valence-corrected chi connectivity index (χ3v) is 3.53. The van der Waals surface area contributed by atoms with Gasteiger partial charge in [-0.3, -0.25) is 0 Å². The first-order valence-electron chi connectivity index (χ1n) is 6.24. The molecule has 1 aliphatic heterocycles. The third-order valence-electron chi connectivity index (χ3n) is 3.53. The Morgan fingerprint density at radius 1 is 1.53 bits per heavy atom. The van der Waals surface area contributed by atoms with E-state index in [0.717, 1.165) is 0 Å². The summed E-state index contributed by atoms with van der Waals surface area (Å²) in [5, 5.41) is 0. The maximum atomic E-state index is 5.88. The Balaban J connectivity index is 2.27. The van der Waals surface area contributed by atoms with Crippen LogP contribution in [0.25, 0.3) is 0 Å². The molecule has 94 valence electrons. The van der Waals surface area contributed by atoms with E-state index >= 15 is 0 Å². The van der Waals surface area contributed by atoms with Crippen molar-refractivity contribution in [2.75, 3.05) is 18.6 Å². The molecule has 0 radical (unpaired) electrons. The van der Waals surface area contributed by atoms with Crippen LogP contribution in [0.4, 0.5) is 5.69 Å². The molecule has 0 amide bonds. The Morgan fingerprint density at radius 3 is 3.06 bits per heavy atom. The smallest absolute Gasteiger partial charge is 0.214 e. The summed E-state index contributed by atoms with van der Waals surface area (Å²) in [6, 6.07) is 4.99. The summed E-state index contributed by atoms with van der Waals surface area (Å²) in [6.45, 7) is 2.96. The standard InChI is InChI=1S/C13H21N3O/c1-10-4-3-5-12(9-14)16(10)11-6-7-15-13(8-11)17-2/h6-8,10,12H,3-5,9,14H2,1-2H3. The van der Waals surface area contributed by atoms with Crippen LogP contribution >= 0.6 is 0 Å². The van der Waals surface area contributed by atoms with Gasteiger partial charge in [0.15, 0.2) is 0 Å². The highest BCUT2D eigenvalue weighted by atomic mass is 16.5. The summed E-state index contributed by atoms with van der Waals surface area (Å²) in [6.07, 6.45) is 5.46. The van der Waals surface area contributed by atoms with E-state index in [4.69, 9.17) is 10.5 Å². The van der Waals surface area contributed by atoms with Gasteiger partial charge in [0, 0.05) is 36.6 Å². The van der Waals surface area contributed by atoms with Crippen LogP contribution < -0.4 is 15.4 Å². The fourth-order valence-corrected chi connectivity index (χ4v) is 2.65. The molecule has 0 spiro atoms. The third kappa shape index (κ3) is 2.52. The zero-order valence-electron chi connectivity index (χ0n) is 10.6. The molecule has 1 aromatic heterocycles. The van der Waals surface area contributed by atoms with E-state index in [1.54, 1.807) is 13.3 Å². The van der Waals surface area contributed by atoms with Crippen LogP contribution in [0.1, 0.15) is 26.2 Å². The molecule has 1 aromatic rings. The molecule has 1 fully saturated rings. The normalized spacial score (nSPS) is 24.8. The van der Waals surface area contributed by atoms with Gasteiger partial charge in [-0.15, -0.1) is 0 Å². The minimum Gasteiger partial charge on any atom is -0.481 e. The highest BCUT2D eigenvalue weighted by Gasteiger charge is 2.27. The van der Waals surface area contributed by atoms with Crippen molar-refractivity contribution in [3.8, 4) is 5.88 Å².